The van der Waals surface area contributed by atoms with Gasteiger partial charge in [-0.3, -0.25) is 9.78 Å². The van der Waals surface area contributed by atoms with Crippen LogP contribution in [-0.4, -0.2) is 22.6 Å². The lowest BCUT2D eigenvalue weighted by molar-refractivity contribution is 0.469. The first kappa shape index (κ1) is 21.9. The van der Waals surface area contributed by atoms with Gasteiger partial charge < -0.3 is 19.9 Å². The summed E-state index contributed by atoms with van der Waals surface area (Å²) in [5.74, 6) is 0.963. The third-order valence-electron chi connectivity index (χ3n) is 5.13. The zero-order valence-electron chi connectivity index (χ0n) is 17.8. The Morgan fingerprint density at radius 1 is 1.06 bits per heavy atom. The smallest absolute Gasteiger partial charge is 0.224 e. The number of fused-ring (bicyclic) bond motifs is 1. The van der Waals surface area contributed by atoms with E-state index in [0.717, 1.165) is 41.8 Å². The summed E-state index contributed by atoms with van der Waals surface area (Å²) in [5, 5.41) is 8.60. The number of para-hydroxylation sites is 1. The Labute approximate surface area is 191 Å². The van der Waals surface area contributed by atoms with Crippen LogP contribution in [0.25, 0.3) is 10.9 Å². The molecule has 0 fully saturated rings. The van der Waals surface area contributed by atoms with Gasteiger partial charge in [-0.05, 0) is 49.4 Å². The van der Waals surface area contributed by atoms with Crippen molar-refractivity contribution in [2.75, 3.05) is 18.4 Å². The Morgan fingerprint density at radius 3 is 2.75 bits per heavy atom. The van der Waals surface area contributed by atoms with Gasteiger partial charge in [0.1, 0.15) is 5.75 Å². The predicted molar refractivity (Wildman–Crippen MR) is 130 cm³/mol. The van der Waals surface area contributed by atoms with Gasteiger partial charge >= 0.3 is 0 Å². The topological polar surface area (TPSA) is 68.2 Å². The second-order valence-electron chi connectivity index (χ2n) is 7.50. The first-order chi connectivity index (χ1) is 15.6. The van der Waals surface area contributed by atoms with Crippen molar-refractivity contribution < 1.29 is 4.74 Å². The van der Waals surface area contributed by atoms with Gasteiger partial charge in [-0.2, -0.15) is 0 Å². The Hall–Kier alpha value is -3.35. The first-order valence-corrected chi connectivity index (χ1v) is 10.9. The Bertz CT molecular complexity index is 1260. The van der Waals surface area contributed by atoms with Crippen LogP contribution >= 0.6 is 11.6 Å². The number of nitrogens with one attached hydrogen (secondary N) is 2. The van der Waals surface area contributed by atoms with Crippen molar-refractivity contribution in [2.24, 2.45) is 7.05 Å². The van der Waals surface area contributed by atoms with Crippen molar-refractivity contribution >= 4 is 28.2 Å². The molecule has 0 amide bonds. The maximum atomic E-state index is 12.4. The zero-order chi connectivity index (χ0) is 22.3. The number of nitrogens with zero attached hydrogens (tertiary/aromatic N) is 2. The first-order valence-electron chi connectivity index (χ1n) is 10.5. The van der Waals surface area contributed by atoms with Crippen molar-refractivity contribution in [3.05, 3.63) is 94.0 Å². The molecule has 6 nitrogen and oxygen atoms in total. The maximum absolute atomic E-state index is 12.4. The third kappa shape index (κ3) is 5.46. The molecule has 164 valence electrons. The van der Waals surface area contributed by atoms with E-state index >= 15 is 0 Å². The summed E-state index contributed by atoms with van der Waals surface area (Å²) in [6, 6.07) is 18.6. The fourth-order valence-corrected chi connectivity index (χ4v) is 3.61. The van der Waals surface area contributed by atoms with Crippen molar-refractivity contribution in [1.29, 1.82) is 0 Å². The molecular weight excluding hydrogens is 424 g/mol. The Balaban J connectivity index is 1.26. The highest BCUT2D eigenvalue weighted by molar-refractivity contribution is 6.31. The molecule has 2 aromatic heterocycles. The number of aryl methyl sites for hydroxylation is 1. The highest BCUT2D eigenvalue weighted by Crippen LogP contribution is 2.24. The van der Waals surface area contributed by atoms with E-state index in [9.17, 15) is 4.79 Å². The second kappa shape index (κ2) is 10.3. The van der Waals surface area contributed by atoms with Crippen molar-refractivity contribution in [2.45, 2.75) is 13.0 Å². The third-order valence-corrected chi connectivity index (χ3v) is 5.37. The summed E-state index contributed by atoms with van der Waals surface area (Å²) in [5.41, 5.74) is 2.69. The molecule has 4 aromatic rings. The molecule has 32 heavy (non-hydrogen) atoms. The molecule has 0 unspecified atom stereocenters. The molecule has 0 atom stereocenters. The van der Waals surface area contributed by atoms with E-state index in [2.05, 4.69) is 15.6 Å². The Morgan fingerprint density at radius 2 is 1.91 bits per heavy atom. The molecule has 0 spiro atoms. The summed E-state index contributed by atoms with van der Waals surface area (Å²) >= 11 is 6.05. The molecule has 2 aromatic carbocycles. The summed E-state index contributed by atoms with van der Waals surface area (Å²) < 4.78 is 7.62. The number of hydrogen-bond acceptors (Lipinski definition) is 5. The van der Waals surface area contributed by atoms with Crippen LogP contribution in [0.3, 0.4) is 0 Å². The van der Waals surface area contributed by atoms with Gasteiger partial charge in [-0.1, -0.05) is 29.8 Å². The highest BCUT2D eigenvalue weighted by Gasteiger charge is 2.07. The SMILES string of the molecule is Cn1cc(Oc2ccccc2)c(=O)cc1CNCCCNc1ccnc2cc(Cl)ccc12. The molecule has 4 rings (SSSR count). The lowest BCUT2D eigenvalue weighted by Gasteiger charge is -2.13. The van der Waals surface area contributed by atoms with Crippen LogP contribution in [0.5, 0.6) is 11.5 Å². The second-order valence-corrected chi connectivity index (χ2v) is 7.93. The van der Waals surface area contributed by atoms with E-state index in [1.165, 1.54) is 0 Å². The molecule has 0 saturated carbocycles. The lowest BCUT2D eigenvalue weighted by atomic mass is 10.2. The van der Waals surface area contributed by atoms with E-state index in [1.807, 2.05) is 66.2 Å². The van der Waals surface area contributed by atoms with E-state index in [0.29, 0.717) is 23.1 Å². The largest absolute Gasteiger partial charge is 0.452 e. The van der Waals surface area contributed by atoms with Crippen molar-refractivity contribution in [1.82, 2.24) is 14.9 Å². The zero-order valence-corrected chi connectivity index (χ0v) is 18.6. The van der Waals surface area contributed by atoms with Gasteiger partial charge in [0, 0.05) is 54.2 Å². The van der Waals surface area contributed by atoms with Gasteiger partial charge in [-0.25, -0.2) is 0 Å². The predicted octanol–water partition coefficient (Wildman–Crippen LogP) is 4.97. The standard InChI is InChI=1S/C25H25ClN4O2/c1-30-17-25(32-20-6-3-2-4-7-20)24(31)15-19(30)16-27-11-5-12-28-22-10-13-29-23-14-18(26)8-9-21(22)23/h2-4,6-10,13-15,17,27H,5,11-12,16H2,1H3,(H,28,29). The summed E-state index contributed by atoms with van der Waals surface area (Å²) in [6.45, 7) is 2.24. The number of benzene rings is 2. The van der Waals surface area contributed by atoms with Crippen LogP contribution in [0.1, 0.15) is 12.1 Å². The van der Waals surface area contributed by atoms with E-state index in [1.54, 1.807) is 18.5 Å². The van der Waals surface area contributed by atoms with Crippen LogP contribution in [0.2, 0.25) is 5.02 Å². The van der Waals surface area contributed by atoms with E-state index < -0.39 is 0 Å². The average molecular weight is 449 g/mol. The van der Waals surface area contributed by atoms with Crippen LogP contribution < -0.4 is 20.8 Å². The minimum absolute atomic E-state index is 0.130. The number of anilines is 1. The molecule has 2 heterocycles. The summed E-state index contributed by atoms with van der Waals surface area (Å²) in [4.78, 5) is 16.8. The molecular formula is C25H25ClN4O2. The van der Waals surface area contributed by atoms with Crippen LogP contribution in [0.4, 0.5) is 5.69 Å². The number of pyridine rings is 2. The fourth-order valence-electron chi connectivity index (χ4n) is 3.44. The van der Waals surface area contributed by atoms with Crippen LogP contribution in [0, 0.1) is 0 Å². The number of aromatic nitrogens is 2. The molecule has 0 saturated heterocycles. The van der Waals surface area contributed by atoms with Gasteiger partial charge in [-0.15, -0.1) is 0 Å². The number of ether oxygens (including phenoxy) is 1. The van der Waals surface area contributed by atoms with Gasteiger partial charge in [0.2, 0.25) is 5.43 Å². The normalized spacial score (nSPS) is 10.9. The van der Waals surface area contributed by atoms with E-state index in [4.69, 9.17) is 16.3 Å². The maximum Gasteiger partial charge on any atom is 0.224 e. The van der Waals surface area contributed by atoms with Gasteiger partial charge in [0.25, 0.3) is 0 Å². The Kier molecular flexibility index (Phi) is 7.04. The monoisotopic (exact) mass is 448 g/mol. The molecule has 0 radical (unpaired) electrons. The van der Waals surface area contributed by atoms with Crippen molar-refractivity contribution in [3.8, 4) is 11.5 Å². The average Bonchev–Trinajstić information content (AvgIpc) is 2.79. The molecule has 0 aliphatic carbocycles. The van der Waals surface area contributed by atoms with Crippen LogP contribution in [-0.2, 0) is 13.6 Å². The molecule has 0 aliphatic rings. The van der Waals surface area contributed by atoms with Crippen molar-refractivity contribution in [3.63, 3.8) is 0 Å². The number of hydrogen-bond donors (Lipinski definition) is 2. The number of halogens is 1. The molecule has 0 aliphatic heterocycles. The van der Waals surface area contributed by atoms with Crippen LogP contribution in [0.15, 0.2) is 77.9 Å². The lowest BCUT2D eigenvalue weighted by Crippen LogP contribution is -2.21. The van der Waals surface area contributed by atoms with Gasteiger partial charge in [0.05, 0.1) is 11.7 Å². The molecule has 2 N–H and O–H groups in total. The molecule has 0 bridgehead atoms. The minimum atomic E-state index is -0.130. The molecule has 7 heteroatoms. The minimum Gasteiger partial charge on any atom is -0.452 e. The number of rotatable bonds is 9. The fraction of sp³-hybridized carbons (Fsp3) is 0.200. The quantitative estimate of drug-likeness (QED) is 0.354. The highest BCUT2D eigenvalue weighted by atomic mass is 35.5. The van der Waals surface area contributed by atoms with Gasteiger partial charge in [0.15, 0.2) is 5.75 Å². The van der Waals surface area contributed by atoms with E-state index in [-0.39, 0.29) is 5.43 Å². The summed E-state index contributed by atoms with van der Waals surface area (Å²) in [6.07, 6.45) is 4.44. The summed E-state index contributed by atoms with van der Waals surface area (Å²) in [7, 11) is 1.91.